The largest absolute Gasteiger partial charge is 0.497 e. The molecule has 4 aromatic rings. The number of ether oxygens (including phenoxy) is 2. The van der Waals surface area contributed by atoms with E-state index in [9.17, 15) is 9.59 Å². The lowest BCUT2D eigenvalue weighted by Gasteiger charge is -2.07. The van der Waals surface area contributed by atoms with Crippen molar-refractivity contribution in [1.82, 2.24) is 9.97 Å². The lowest BCUT2D eigenvalue weighted by molar-refractivity contribution is -0.118. The van der Waals surface area contributed by atoms with E-state index in [2.05, 4.69) is 15.3 Å². The van der Waals surface area contributed by atoms with Gasteiger partial charge in [-0.1, -0.05) is 12.1 Å². The van der Waals surface area contributed by atoms with Crippen LogP contribution in [0.15, 0.2) is 57.1 Å². The van der Waals surface area contributed by atoms with Crippen LogP contribution in [0.1, 0.15) is 0 Å². The number of hydrogen-bond acceptors (Lipinski definition) is 7. The number of nitrogens with one attached hydrogen (secondary N) is 2. The average molecular weight is 397 g/mol. The molecule has 8 nitrogen and oxygen atoms in total. The molecule has 9 heteroatoms. The van der Waals surface area contributed by atoms with E-state index >= 15 is 0 Å². The Morgan fingerprint density at radius 3 is 2.96 bits per heavy atom. The predicted molar refractivity (Wildman–Crippen MR) is 105 cm³/mol. The van der Waals surface area contributed by atoms with Crippen LogP contribution in [0.5, 0.6) is 11.5 Å². The van der Waals surface area contributed by atoms with Crippen LogP contribution in [-0.4, -0.2) is 29.6 Å². The highest BCUT2D eigenvalue weighted by molar-refractivity contribution is 7.14. The van der Waals surface area contributed by atoms with Crippen molar-refractivity contribution in [2.24, 2.45) is 0 Å². The third kappa shape index (κ3) is 3.89. The number of hydrogen-bond donors (Lipinski definition) is 2. The van der Waals surface area contributed by atoms with E-state index in [0.29, 0.717) is 33.4 Å². The Bertz CT molecular complexity index is 1190. The number of aromatic nitrogens is 2. The zero-order valence-corrected chi connectivity index (χ0v) is 15.5. The normalized spacial score (nSPS) is 10.8. The second kappa shape index (κ2) is 7.57. The molecular formula is C19H15N3O5S. The molecule has 142 valence electrons. The second-order valence-corrected chi connectivity index (χ2v) is 6.64. The van der Waals surface area contributed by atoms with Gasteiger partial charge in [0, 0.05) is 17.0 Å². The van der Waals surface area contributed by atoms with Crippen LogP contribution in [0.3, 0.4) is 0 Å². The molecule has 0 atom stereocenters. The van der Waals surface area contributed by atoms with Gasteiger partial charge in [0.1, 0.15) is 11.5 Å². The molecule has 0 aliphatic heterocycles. The zero-order valence-electron chi connectivity index (χ0n) is 14.7. The van der Waals surface area contributed by atoms with Crippen LogP contribution >= 0.6 is 11.3 Å². The number of rotatable bonds is 6. The minimum Gasteiger partial charge on any atom is -0.497 e. The molecule has 0 bridgehead atoms. The second-order valence-electron chi connectivity index (χ2n) is 5.78. The highest BCUT2D eigenvalue weighted by Crippen LogP contribution is 2.27. The summed E-state index contributed by atoms with van der Waals surface area (Å²) in [5.41, 5.74) is 2.51. The summed E-state index contributed by atoms with van der Waals surface area (Å²) in [6.45, 7) is -0.150. The fraction of sp³-hybridized carbons (Fsp3) is 0.105. The maximum Gasteiger partial charge on any atom is 0.417 e. The Kier molecular flexibility index (Phi) is 4.81. The standard InChI is InChI=1S/C19H15N3O5S/c1-25-12-3-2-4-13(8-12)26-9-17(23)22-18-20-15(10-28-18)11-5-6-14-16(7-11)27-19(24)21-14/h2-8,10H,9H2,1H3,(H,21,24)(H,20,22,23). The van der Waals surface area contributed by atoms with Crippen molar-refractivity contribution in [1.29, 1.82) is 0 Å². The first kappa shape index (κ1) is 17.8. The number of thiazole rings is 1. The summed E-state index contributed by atoms with van der Waals surface area (Å²) in [4.78, 5) is 30.4. The van der Waals surface area contributed by atoms with Crippen LogP contribution in [0, 0.1) is 0 Å². The topological polar surface area (TPSA) is 106 Å². The molecule has 0 spiro atoms. The Morgan fingerprint density at radius 1 is 1.25 bits per heavy atom. The first-order chi connectivity index (χ1) is 13.6. The molecule has 1 amide bonds. The number of amides is 1. The van der Waals surface area contributed by atoms with Gasteiger partial charge in [0.05, 0.1) is 18.3 Å². The van der Waals surface area contributed by atoms with E-state index in [1.165, 1.54) is 11.3 Å². The molecule has 2 heterocycles. The summed E-state index contributed by atoms with van der Waals surface area (Å²) in [6.07, 6.45) is 0. The Labute approximate surface area is 162 Å². The van der Waals surface area contributed by atoms with E-state index in [0.717, 1.165) is 5.56 Å². The van der Waals surface area contributed by atoms with Crippen LogP contribution in [0.2, 0.25) is 0 Å². The fourth-order valence-electron chi connectivity index (χ4n) is 2.56. The van der Waals surface area contributed by atoms with E-state index in [1.807, 2.05) is 11.4 Å². The minimum atomic E-state index is -0.505. The molecular weight excluding hydrogens is 382 g/mol. The number of aromatic amines is 1. The monoisotopic (exact) mass is 397 g/mol. The number of methoxy groups -OCH3 is 1. The molecule has 2 aromatic carbocycles. The molecule has 0 radical (unpaired) electrons. The lowest BCUT2D eigenvalue weighted by atomic mass is 10.1. The van der Waals surface area contributed by atoms with Gasteiger partial charge in [-0.25, -0.2) is 9.78 Å². The smallest absolute Gasteiger partial charge is 0.417 e. The number of carbonyl (C=O) groups is 1. The molecule has 2 aromatic heterocycles. The fourth-order valence-corrected chi connectivity index (χ4v) is 3.30. The van der Waals surface area contributed by atoms with Gasteiger partial charge in [-0.15, -0.1) is 11.3 Å². The van der Waals surface area contributed by atoms with Crippen LogP contribution in [-0.2, 0) is 4.79 Å². The highest BCUT2D eigenvalue weighted by Gasteiger charge is 2.11. The Balaban J connectivity index is 1.40. The SMILES string of the molecule is COc1cccc(OCC(=O)Nc2nc(-c3ccc4[nH]c(=O)oc4c3)cs2)c1. The first-order valence-electron chi connectivity index (χ1n) is 8.26. The van der Waals surface area contributed by atoms with Gasteiger partial charge in [-0.3, -0.25) is 15.1 Å². The number of oxazole rings is 1. The molecule has 0 aliphatic carbocycles. The number of benzene rings is 2. The van der Waals surface area contributed by atoms with Gasteiger partial charge < -0.3 is 13.9 Å². The van der Waals surface area contributed by atoms with Crippen molar-refractivity contribution in [3.8, 4) is 22.8 Å². The van der Waals surface area contributed by atoms with Gasteiger partial charge in [0.25, 0.3) is 5.91 Å². The molecule has 0 saturated heterocycles. The lowest BCUT2D eigenvalue weighted by Crippen LogP contribution is -2.20. The summed E-state index contributed by atoms with van der Waals surface area (Å²) in [7, 11) is 1.56. The zero-order chi connectivity index (χ0) is 19.5. The quantitative estimate of drug-likeness (QED) is 0.517. The average Bonchev–Trinajstić information content (AvgIpc) is 3.31. The van der Waals surface area contributed by atoms with Crippen molar-refractivity contribution in [3.63, 3.8) is 0 Å². The Hall–Kier alpha value is -3.59. The molecule has 0 saturated carbocycles. The van der Waals surface area contributed by atoms with Crippen molar-refractivity contribution in [2.45, 2.75) is 0 Å². The van der Waals surface area contributed by atoms with Gasteiger partial charge in [-0.05, 0) is 24.3 Å². The summed E-state index contributed by atoms with van der Waals surface area (Å²) < 4.78 is 15.6. The highest BCUT2D eigenvalue weighted by atomic mass is 32.1. The van der Waals surface area contributed by atoms with Crippen molar-refractivity contribution < 1.29 is 18.7 Å². The first-order valence-corrected chi connectivity index (χ1v) is 9.14. The van der Waals surface area contributed by atoms with E-state index in [1.54, 1.807) is 43.5 Å². The third-order valence-electron chi connectivity index (χ3n) is 3.88. The van der Waals surface area contributed by atoms with E-state index < -0.39 is 5.76 Å². The molecule has 28 heavy (non-hydrogen) atoms. The number of nitrogens with zero attached hydrogens (tertiary/aromatic N) is 1. The van der Waals surface area contributed by atoms with Gasteiger partial charge in [0.15, 0.2) is 17.3 Å². The maximum absolute atomic E-state index is 12.1. The van der Waals surface area contributed by atoms with Crippen LogP contribution < -0.4 is 20.5 Å². The molecule has 0 unspecified atom stereocenters. The number of fused-ring (bicyclic) bond motifs is 1. The molecule has 0 fully saturated rings. The minimum absolute atomic E-state index is 0.150. The summed E-state index contributed by atoms with van der Waals surface area (Å²) in [5, 5.41) is 4.96. The summed E-state index contributed by atoms with van der Waals surface area (Å²) >= 11 is 1.29. The van der Waals surface area contributed by atoms with Gasteiger partial charge in [0.2, 0.25) is 0 Å². The van der Waals surface area contributed by atoms with Crippen LogP contribution in [0.25, 0.3) is 22.4 Å². The third-order valence-corrected chi connectivity index (χ3v) is 4.64. The van der Waals surface area contributed by atoms with Gasteiger partial charge >= 0.3 is 5.76 Å². The number of carbonyl (C=O) groups excluding carboxylic acids is 1. The van der Waals surface area contributed by atoms with E-state index in [-0.39, 0.29) is 12.5 Å². The maximum atomic E-state index is 12.1. The van der Waals surface area contributed by atoms with Crippen molar-refractivity contribution in [2.75, 3.05) is 19.0 Å². The molecule has 2 N–H and O–H groups in total. The molecule has 4 rings (SSSR count). The van der Waals surface area contributed by atoms with Gasteiger partial charge in [-0.2, -0.15) is 0 Å². The van der Waals surface area contributed by atoms with E-state index in [4.69, 9.17) is 13.9 Å². The van der Waals surface area contributed by atoms with Crippen LogP contribution in [0.4, 0.5) is 5.13 Å². The van der Waals surface area contributed by atoms with Crippen molar-refractivity contribution >= 4 is 33.5 Å². The number of anilines is 1. The predicted octanol–water partition coefficient (Wildman–Crippen LogP) is 3.27. The Morgan fingerprint density at radius 2 is 2.11 bits per heavy atom. The van der Waals surface area contributed by atoms with Crippen molar-refractivity contribution in [3.05, 3.63) is 58.4 Å². The number of H-pyrrole nitrogens is 1. The molecule has 0 aliphatic rings. The summed E-state index contributed by atoms with van der Waals surface area (Å²) in [5.74, 6) is 0.360. The summed E-state index contributed by atoms with van der Waals surface area (Å²) in [6, 6.07) is 12.3.